The smallest absolute Gasteiger partial charge is 0.272 e. The molecule has 0 aliphatic rings. The zero-order valence-electron chi connectivity index (χ0n) is 26.7. The van der Waals surface area contributed by atoms with Crippen molar-refractivity contribution in [1.82, 2.24) is 10.3 Å². The van der Waals surface area contributed by atoms with Gasteiger partial charge in [-0.1, -0.05) is 97.1 Å². The van der Waals surface area contributed by atoms with Crippen molar-refractivity contribution in [2.75, 3.05) is 10.6 Å². The molecular formula is C40H32N4O4S2. The average molecular weight is 697 g/mol. The summed E-state index contributed by atoms with van der Waals surface area (Å²) < 4.78 is 5.91. The minimum Gasteiger partial charge on any atom is -0.489 e. The Labute approximate surface area is 298 Å². The zero-order valence-corrected chi connectivity index (χ0v) is 28.3. The first-order valence-corrected chi connectivity index (χ1v) is 17.4. The summed E-state index contributed by atoms with van der Waals surface area (Å²) in [6.07, 6.45) is 3.25. The van der Waals surface area contributed by atoms with E-state index in [-0.39, 0.29) is 11.6 Å². The number of anilines is 2. The third-order valence-corrected chi connectivity index (χ3v) is 9.25. The van der Waals surface area contributed by atoms with E-state index in [4.69, 9.17) is 4.74 Å². The minimum absolute atomic E-state index is 0.0554. The second-order valence-corrected chi connectivity index (χ2v) is 13.0. The summed E-state index contributed by atoms with van der Waals surface area (Å²) in [6, 6.07) is 42.5. The Kier molecular flexibility index (Phi) is 11.5. The van der Waals surface area contributed by atoms with Crippen molar-refractivity contribution >= 4 is 57.7 Å². The molecule has 0 aliphatic carbocycles. The molecule has 8 nitrogen and oxygen atoms in total. The highest BCUT2D eigenvalue weighted by Crippen LogP contribution is 2.37. The molecule has 6 rings (SSSR count). The Morgan fingerprint density at radius 1 is 0.780 bits per heavy atom. The van der Waals surface area contributed by atoms with Gasteiger partial charge in [-0.2, -0.15) is 0 Å². The summed E-state index contributed by atoms with van der Waals surface area (Å²) in [5.74, 6) is -0.470. The second-order valence-electron chi connectivity index (χ2n) is 10.9. The van der Waals surface area contributed by atoms with E-state index in [0.717, 1.165) is 16.0 Å². The number of hydrogen-bond donors (Lipinski definition) is 3. The number of rotatable bonds is 13. The van der Waals surface area contributed by atoms with E-state index in [2.05, 4.69) is 20.9 Å². The number of thiazole rings is 1. The molecule has 0 aliphatic heterocycles. The fourth-order valence-corrected chi connectivity index (χ4v) is 6.46. The number of carbonyl (C=O) groups is 3. The standard InChI is InChI=1S/C40H32N4O4S2/c45-37(31-15-8-3-9-16-31)43-35(25-28-19-21-33(22-20-28)48-27-29-11-4-1-5-12-29)38(46)42-32-17-10-18-34(26-32)50-36(30-13-6-2-7-14-30)39(47)44-40-41-23-24-49-40/h1-26,36H,27H2,(H,42,46)(H,43,45)(H,41,44,47)/b35-25-. The van der Waals surface area contributed by atoms with Crippen LogP contribution in [0.2, 0.25) is 0 Å². The summed E-state index contributed by atoms with van der Waals surface area (Å²) in [5.41, 5.74) is 3.54. The number of amides is 3. The highest BCUT2D eigenvalue weighted by atomic mass is 32.2. The molecule has 10 heteroatoms. The highest BCUT2D eigenvalue weighted by Gasteiger charge is 2.23. The molecule has 0 saturated heterocycles. The summed E-state index contributed by atoms with van der Waals surface area (Å²) in [4.78, 5) is 45.3. The summed E-state index contributed by atoms with van der Waals surface area (Å²) in [6.45, 7) is 0.427. The summed E-state index contributed by atoms with van der Waals surface area (Å²) in [7, 11) is 0. The molecule has 0 fully saturated rings. The molecule has 6 aromatic rings. The zero-order chi connectivity index (χ0) is 34.5. The van der Waals surface area contributed by atoms with E-state index in [9.17, 15) is 14.4 Å². The molecule has 3 N–H and O–H groups in total. The first-order chi connectivity index (χ1) is 24.5. The largest absolute Gasteiger partial charge is 0.489 e. The van der Waals surface area contributed by atoms with Crippen molar-refractivity contribution in [2.24, 2.45) is 0 Å². The van der Waals surface area contributed by atoms with Crippen LogP contribution < -0.4 is 20.7 Å². The first-order valence-electron chi connectivity index (χ1n) is 15.7. The van der Waals surface area contributed by atoms with E-state index < -0.39 is 17.1 Å². The van der Waals surface area contributed by atoms with Gasteiger partial charge in [-0.3, -0.25) is 14.4 Å². The van der Waals surface area contributed by atoms with E-state index in [1.54, 1.807) is 60.1 Å². The lowest BCUT2D eigenvalue weighted by Gasteiger charge is -2.17. The molecule has 0 radical (unpaired) electrons. The van der Waals surface area contributed by atoms with Crippen molar-refractivity contribution in [2.45, 2.75) is 16.8 Å². The predicted octanol–water partition coefficient (Wildman–Crippen LogP) is 8.60. The van der Waals surface area contributed by atoms with Gasteiger partial charge in [0.15, 0.2) is 5.13 Å². The number of ether oxygens (including phenoxy) is 1. The molecule has 1 aromatic heterocycles. The predicted molar refractivity (Wildman–Crippen MR) is 200 cm³/mol. The van der Waals surface area contributed by atoms with Crippen molar-refractivity contribution in [3.05, 3.63) is 179 Å². The molecule has 0 saturated carbocycles. The van der Waals surface area contributed by atoms with Gasteiger partial charge in [-0.05, 0) is 65.2 Å². The molecule has 1 heterocycles. The van der Waals surface area contributed by atoms with Gasteiger partial charge in [0.1, 0.15) is 23.3 Å². The van der Waals surface area contributed by atoms with E-state index >= 15 is 0 Å². The molecule has 50 heavy (non-hydrogen) atoms. The summed E-state index contributed by atoms with van der Waals surface area (Å²) >= 11 is 2.70. The average Bonchev–Trinajstić information content (AvgIpc) is 3.67. The topological polar surface area (TPSA) is 109 Å². The van der Waals surface area contributed by atoms with Crippen LogP contribution >= 0.6 is 23.1 Å². The first kappa shape index (κ1) is 33.9. The van der Waals surface area contributed by atoms with Crippen LogP contribution in [0.25, 0.3) is 6.08 Å². The lowest BCUT2D eigenvalue weighted by Crippen LogP contribution is -2.30. The third-order valence-electron chi connectivity index (χ3n) is 7.32. The molecule has 5 aromatic carbocycles. The maximum Gasteiger partial charge on any atom is 0.272 e. The number of aromatic nitrogens is 1. The molecule has 1 atom stereocenters. The quantitative estimate of drug-likeness (QED) is 0.0825. The fraction of sp³-hybridized carbons (Fsp3) is 0.0500. The van der Waals surface area contributed by atoms with E-state index in [1.165, 1.54) is 23.1 Å². The van der Waals surface area contributed by atoms with Crippen molar-refractivity contribution in [3.8, 4) is 5.75 Å². The van der Waals surface area contributed by atoms with Gasteiger partial charge in [-0.15, -0.1) is 23.1 Å². The number of nitrogens with zero attached hydrogens (tertiary/aromatic N) is 1. The summed E-state index contributed by atoms with van der Waals surface area (Å²) in [5, 5.41) is 10.3. The van der Waals surface area contributed by atoms with Crippen LogP contribution in [0.3, 0.4) is 0 Å². The van der Waals surface area contributed by atoms with E-state index in [1.807, 2.05) is 97.1 Å². The highest BCUT2D eigenvalue weighted by molar-refractivity contribution is 8.00. The maximum absolute atomic E-state index is 13.8. The van der Waals surface area contributed by atoms with Crippen molar-refractivity contribution in [1.29, 1.82) is 0 Å². The fourth-order valence-electron chi connectivity index (χ4n) is 4.85. The van der Waals surface area contributed by atoms with Crippen LogP contribution in [0.1, 0.15) is 32.3 Å². The monoisotopic (exact) mass is 696 g/mol. The van der Waals surface area contributed by atoms with Gasteiger partial charge in [0.05, 0.1) is 0 Å². The molecule has 0 bridgehead atoms. The van der Waals surface area contributed by atoms with Gasteiger partial charge in [-0.25, -0.2) is 4.98 Å². The number of thioether (sulfide) groups is 1. The SMILES string of the molecule is O=C(Nc1cccc(SC(C(=O)Nc2nccs2)c2ccccc2)c1)/C(=C/c1ccc(OCc2ccccc2)cc1)NC(=O)c1ccccc1. The normalized spacial score (nSPS) is 11.6. The lowest BCUT2D eigenvalue weighted by molar-refractivity contribution is -0.116. The Morgan fingerprint density at radius 3 is 2.18 bits per heavy atom. The molecule has 1 unspecified atom stereocenters. The molecular weight excluding hydrogens is 665 g/mol. The minimum atomic E-state index is -0.577. The van der Waals surface area contributed by atoms with Crippen LogP contribution in [0.4, 0.5) is 10.8 Å². The number of benzene rings is 5. The van der Waals surface area contributed by atoms with E-state index in [0.29, 0.717) is 34.3 Å². The lowest BCUT2D eigenvalue weighted by atomic mass is 10.1. The number of nitrogens with one attached hydrogen (secondary N) is 3. The van der Waals surface area contributed by atoms with Crippen LogP contribution in [0.15, 0.2) is 162 Å². The molecule has 3 amide bonds. The number of carbonyl (C=O) groups excluding carboxylic acids is 3. The number of hydrogen-bond acceptors (Lipinski definition) is 7. The van der Waals surface area contributed by atoms with Gasteiger partial charge in [0, 0.05) is 27.7 Å². The van der Waals surface area contributed by atoms with Crippen LogP contribution in [-0.2, 0) is 16.2 Å². The van der Waals surface area contributed by atoms with Crippen LogP contribution in [0.5, 0.6) is 5.75 Å². The second kappa shape index (κ2) is 16.9. The third kappa shape index (κ3) is 9.56. The van der Waals surface area contributed by atoms with Crippen LogP contribution in [0, 0.1) is 0 Å². The Bertz CT molecular complexity index is 2060. The molecule has 248 valence electrons. The maximum atomic E-state index is 13.8. The van der Waals surface area contributed by atoms with Crippen molar-refractivity contribution < 1.29 is 19.1 Å². The van der Waals surface area contributed by atoms with Gasteiger partial charge in [0.2, 0.25) is 5.91 Å². The molecule has 0 spiro atoms. The Hall–Kier alpha value is -5.97. The Balaban J connectivity index is 1.20. The van der Waals surface area contributed by atoms with Crippen LogP contribution in [-0.4, -0.2) is 22.7 Å². The van der Waals surface area contributed by atoms with Gasteiger partial charge in [0.25, 0.3) is 11.8 Å². The van der Waals surface area contributed by atoms with Gasteiger partial charge < -0.3 is 20.7 Å². The van der Waals surface area contributed by atoms with Gasteiger partial charge >= 0.3 is 0 Å². The Morgan fingerprint density at radius 2 is 1.48 bits per heavy atom. The van der Waals surface area contributed by atoms with Crippen molar-refractivity contribution in [3.63, 3.8) is 0 Å².